The number of aromatic nitrogens is 2. The Morgan fingerprint density at radius 3 is 3.00 bits per heavy atom. The SMILES string of the molecule is O=c1[nH]c2ccccc2cc1C1NCc2cccnc21. The zero-order valence-electron chi connectivity index (χ0n) is 10.8. The molecule has 0 bridgehead atoms. The van der Waals surface area contributed by atoms with Crippen molar-refractivity contribution in [1.29, 1.82) is 0 Å². The number of H-pyrrole nitrogens is 1. The lowest BCUT2D eigenvalue weighted by Gasteiger charge is -2.11. The quantitative estimate of drug-likeness (QED) is 0.707. The molecule has 0 spiro atoms. The van der Waals surface area contributed by atoms with Gasteiger partial charge in [-0.3, -0.25) is 9.78 Å². The van der Waals surface area contributed by atoms with Gasteiger partial charge in [0.2, 0.25) is 0 Å². The molecule has 0 fully saturated rings. The summed E-state index contributed by atoms with van der Waals surface area (Å²) in [7, 11) is 0. The van der Waals surface area contributed by atoms with E-state index in [1.807, 2.05) is 42.5 Å². The maximum atomic E-state index is 12.3. The van der Waals surface area contributed by atoms with Crippen LogP contribution in [0.25, 0.3) is 10.9 Å². The fraction of sp³-hybridized carbons (Fsp3) is 0.125. The van der Waals surface area contributed by atoms with Crippen molar-refractivity contribution in [2.45, 2.75) is 12.6 Å². The lowest BCUT2D eigenvalue weighted by Crippen LogP contribution is -2.23. The van der Waals surface area contributed by atoms with Gasteiger partial charge in [0.1, 0.15) is 0 Å². The van der Waals surface area contributed by atoms with Crippen molar-refractivity contribution in [3.8, 4) is 0 Å². The molecule has 3 aromatic rings. The Balaban J connectivity index is 1.91. The Morgan fingerprint density at radius 2 is 2.05 bits per heavy atom. The number of rotatable bonds is 1. The van der Waals surface area contributed by atoms with Gasteiger partial charge in [0.05, 0.1) is 11.7 Å². The zero-order chi connectivity index (χ0) is 13.5. The van der Waals surface area contributed by atoms with Crippen LogP contribution in [0.4, 0.5) is 0 Å². The second kappa shape index (κ2) is 4.28. The Morgan fingerprint density at radius 1 is 1.15 bits per heavy atom. The molecule has 20 heavy (non-hydrogen) atoms. The molecule has 1 unspecified atom stereocenters. The summed E-state index contributed by atoms with van der Waals surface area (Å²) in [5.74, 6) is 0. The summed E-state index contributed by atoms with van der Waals surface area (Å²) in [6, 6.07) is 13.6. The highest BCUT2D eigenvalue weighted by molar-refractivity contribution is 5.79. The van der Waals surface area contributed by atoms with Crippen LogP contribution in [0.15, 0.2) is 53.5 Å². The monoisotopic (exact) mass is 263 g/mol. The van der Waals surface area contributed by atoms with Crippen LogP contribution in [0.1, 0.15) is 22.9 Å². The van der Waals surface area contributed by atoms with Gasteiger partial charge < -0.3 is 10.3 Å². The van der Waals surface area contributed by atoms with Gasteiger partial charge in [-0.1, -0.05) is 24.3 Å². The minimum Gasteiger partial charge on any atom is -0.322 e. The lowest BCUT2D eigenvalue weighted by molar-refractivity contribution is 0.652. The second-order valence-corrected chi connectivity index (χ2v) is 5.00. The van der Waals surface area contributed by atoms with Crippen LogP contribution in [0.5, 0.6) is 0 Å². The van der Waals surface area contributed by atoms with Crippen molar-refractivity contribution in [2.24, 2.45) is 0 Å². The third-order valence-electron chi connectivity index (χ3n) is 3.79. The second-order valence-electron chi connectivity index (χ2n) is 5.00. The normalized spacial score (nSPS) is 17.3. The van der Waals surface area contributed by atoms with E-state index >= 15 is 0 Å². The molecule has 0 saturated heterocycles. The molecule has 2 N–H and O–H groups in total. The van der Waals surface area contributed by atoms with Crippen LogP contribution in [-0.4, -0.2) is 9.97 Å². The van der Waals surface area contributed by atoms with Gasteiger partial charge >= 0.3 is 0 Å². The molecule has 1 aliphatic rings. The van der Waals surface area contributed by atoms with Gasteiger partial charge in [0, 0.05) is 23.8 Å². The molecule has 0 aliphatic carbocycles. The maximum Gasteiger partial charge on any atom is 0.253 e. The fourth-order valence-electron chi connectivity index (χ4n) is 2.80. The predicted molar refractivity (Wildman–Crippen MR) is 77.5 cm³/mol. The van der Waals surface area contributed by atoms with Gasteiger partial charge in [-0.2, -0.15) is 0 Å². The number of hydrogen-bond donors (Lipinski definition) is 2. The summed E-state index contributed by atoms with van der Waals surface area (Å²) in [6.07, 6.45) is 1.77. The van der Waals surface area contributed by atoms with Crippen LogP contribution < -0.4 is 10.9 Å². The molecule has 3 heterocycles. The molecule has 1 aliphatic heterocycles. The first kappa shape index (κ1) is 11.4. The first-order valence-corrected chi connectivity index (χ1v) is 6.62. The molecule has 4 heteroatoms. The van der Waals surface area contributed by atoms with Crippen LogP contribution in [-0.2, 0) is 6.54 Å². The van der Waals surface area contributed by atoms with Gasteiger partial charge in [0.25, 0.3) is 5.56 Å². The number of pyridine rings is 2. The molecular weight excluding hydrogens is 250 g/mol. The zero-order valence-corrected chi connectivity index (χ0v) is 10.8. The van der Waals surface area contributed by atoms with Gasteiger partial charge in [-0.15, -0.1) is 0 Å². The van der Waals surface area contributed by atoms with Crippen molar-refractivity contribution in [3.63, 3.8) is 0 Å². The molecule has 0 radical (unpaired) electrons. The van der Waals surface area contributed by atoms with E-state index in [2.05, 4.69) is 15.3 Å². The molecule has 0 amide bonds. The highest BCUT2D eigenvalue weighted by Gasteiger charge is 2.26. The van der Waals surface area contributed by atoms with Crippen LogP contribution in [0.3, 0.4) is 0 Å². The minimum absolute atomic E-state index is 0.0558. The summed E-state index contributed by atoms with van der Waals surface area (Å²) < 4.78 is 0. The molecule has 2 aromatic heterocycles. The molecule has 0 saturated carbocycles. The Labute approximate surface area is 115 Å². The Hall–Kier alpha value is -2.46. The van der Waals surface area contributed by atoms with E-state index in [-0.39, 0.29) is 11.6 Å². The van der Waals surface area contributed by atoms with Crippen molar-refractivity contribution in [2.75, 3.05) is 0 Å². The standard InChI is InChI=1S/C16H13N3O/c20-16-12(8-10-4-1-2-6-13(10)19-16)15-14-11(9-18-15)5-3-7-17-14/h1-8,15,18H,9H2,(H,19,20). The topological polar surface area (TPSA) is 57.8 Å². The minimum atomic E-state index is -0.125. The van der Waals surface area contributed by atoms with E-state index in [1.54, 1.807) is 6.20 Å². The average molecular weight is 263 g/mol. The molecule has 98 valence electrons. The van der Waals surface area contributed by atoms with Crippen molar-refractivity contribution >= 4 is 10.9 Å². The van der Waals surface area contributed by atoms with E-state index in [9.17, 15) is 4.79 Å². The Bertz CT molecular complexity index is 853. The molecular formula is C16H13N3O. The third-order valence-corrected chi connectivity index (χ3v) is 3.79. The lowest BCUT2D eigenvalue weighted by atomic mass is 10.0. The molecule has 4 rings (SSSR count). The third kappa shape index (κ3) is 1.66. The van der Waals surface area contributed by atoms with E-state index in [0.29, 0.717) is 0 Å². The Kier molecular flexibility index (Phi) is 2.44. The summed E-state index contributed by atoms with van der Waals surface area (Å²) in [5.41, 5.74) is 3.64. The van der Waals surface area contributed by atoms with Gasteiger partial charge in [-0.05, 0) is 29.1 Å². The van der Waals surface area contributed by atoms with Crippen LogP contribution >= 0.6 is 0 Å². The predicted octanol–water partition coefficient (Wildman–Crippen LogP) is 2.12. The highest BCUT2D eigenvalue weighted by Crippen LogP contribution is 2.28. The van der Waals surface area contributed by atoms with Gasteiger partial charge in [0.15, 0.2) is 0 Å². The largest absolute Gasteiger partial charge is 0.322 e. The molecule has 4 nitrogen and oxygen atoms in total. The molecule has 1 atom stereocenters. The van der Waals surface area contributed by atoms with Crippen molar-refractivity contribution in [1.82, 2.24) is 15.3 Å². The van der Waals surface area contributed by atoms with Crippen LogP contribution in [0, 0.1) is 0 Å². The first-order valence-electron chi connectivity index (χ1n) is 6.62. The smallest absolute Gasteiger partial charge is 0.253 e. The summed E-state index contributed by atoms with van der Waals surface area (Å²) >= 11 is 0. The summed E-state index contributed by atoms with van der Waals surface area (Å²) in [5, 5.41) is 4.40. The van der Waals surface area contributed by atoms with Crippen molar-refractivity contribution in [3.05, 3.63) is 75.8 Å². The number of nitrogens with zero attached hydrogens (tertiary/aromatic N) is 1. The number of para-hydroxylation sites is 1. The maximum absolute atomic E-state index is 12.3. The van der Waals surface area contributed by atoms with E-state index in [4.69, 9.17) is 0 Å². The van der Waals surface area contributed by atoms with E-state index < -0.39 is 0 Å². The fourth-order valence-corrected chi connectivity index (χ4v) is 2.80. The summed E-state index contributed by atoms with van der Waals surface area (Å²) in [6.45, 7) is 0.750. The number of aromatic amines is 1. The van der Waals surface area contributed by atoms with Gasteiger partial charge in [-0.25, -0.2) is 0 Å². The van der Waals surface area contributed by atoms with Crippen molar-refractivity contribution < 1.29 is 0 Å². The first-order chi connectivity index (χ1) is 9.83. The molecule has 1 aromatic carbocycles. The van der Waals surface area contributed by atoms with E-state index in [0.717, 1.165) is 34.3 Å². The number of nitrogens with one attached hydrogen (secondary N) is 2. The average Bonchev–Trinajstić information content (AvgIpc) is 2.90. The number of benzene rings is 1. The number of fused-ring (bicyclic) bond motifs is 2. The highest BCUT2D eigenvalue weighted by atomic mass is 16.1. The van der Waals surface area contributed by atoms with Crippen LogP contribution in [0.2, 0.25) is 0 Å². The number of hydrogen-bond acceptors (Lipinski definition) is 3. The van der Waals surface area contributed by atoms with E-state index in [1.165, 1.54) is 0 Å². The summed E-state index contributed by atoms with van der Waals surface area (Å²) in [4.78, 5) is 19.7.